The van der Waals surface area contributed by atoms with E-state index in [0.29, 0.717) is 19.5 Å². The zero-order chi connectivity index (χ0) is 20.2. The summed E-state index contributed by atoms with van der Waals surface area (Å²) in [5.41, 5.74) is 1.80. The van der Waals surface area contributed by atoms with Crippen LogP contribution in [-0.4, -0.2) is 42.9 Å². The third kappa shape index (κ3) is 8.19. The van der Waals surface area contributed by atoms with Gasteiger partial charge >= 0.3 is 11.9 Å². The number of nitrogens with one attached hydrogen (secondary N) is 1. The van der Waals surface area contributed by atoms with Gasteiger partial charge in [0.2, 0.25) is 0 Å². The maximum absolute atomic E-state index is 13.5. The standard InChI is InChI=1S/C17H20FNO2.C2H2O4/c1-20-15-9-13(10-16(11-15)21-2)12-19-8-7-14-5-3-4-6-17(14)18;3-1(4)2(5)6/h3-6,9-11,19H,7-8,12H2,1-2H3;(H,3,4)(H,5,6). The highest BCUT2D eigenvalue weighted by Crippen LogP contribution is 2.22. The molecule has 2 aromatic rings. The summed E-state index contributed by atoms with van der Waals surface area (Å²) < 4.78 is 23.9. The third-order valence-electron chi connectivity index (χ3n) is 3.45. The van der Waals surface area contributed by atoms with E-state index in [0.717, 1.165) is 22.6 Å². The van der Waals surface area contributed by atoms with E-state index in [1.807, 2.05) is 30.3 Å². The number of carbonyl (C=O) groups is 2. The number of carboxylic acids is 2. The molecule has 0 bridgehead atoms. The van der Waals surface area contributed by atoms with Gasteiger partial charge in [0.1, 0.15) is 17.3 Å². The van der Waals surface area contributed by atoms with Crippen LogP contribution in [0, 0.1) is 5.82 Å². The molecule has 3 N–H and O–H groups in total. The average molecular weight is 379 g/mol. The molecule has 146 valence electrons. The van der Waals surface area contributed by atoms with Gasteiger partial charge in [0.05, 0.1) is 14.2 Å². The zero-order valence-corrected chi connectivity index (χ0v) is 15.1. The second kappa shape index (κ2) is 11.5. The van der Waals surface area contributed by atoms with Gasteiger partial charge < -0.3 is 25.0 Å². The molecule has 0 spiro atoms. The van der Waals surface area contributed by atoms with Crippen molar-refractivity contribution in [2.45, 2.75) is 13.0 Å². The lowest BCUT2D eigenvalue weighted by Crippen LogP contribution is -2.17. The fraction of sp³-hybridized carbons (Fsp3) is 0.263. The Hall–Kier alpha value is -3.13. The Labute approximate surface area is 156 Å². The molecule has 0 aliphatic carbocycles. The Bertz CT molecular complexity index is 731. The summed E-state index contributed by atoms with van der Waals surface area (Å²) >= 11 is 0. The molecule has 8 heteroatoms. The first kappa shape index (κ1) is 21.9. The third-order valence-corrected chi connectivity index (χ3v) is 3.45. The molecule has 27 heavy (non-hydrogen) atoms. The molecule has 2 aromatic carbocycles. The van der Waals surface area contributed by atoms with Crippen LogP contribution in [-0.2, 0) is 22.6 Å². The van der Waals surface area contributed by atoms with Crippen LogP contribution in [0.15, 0.2) is 42.5 Å². The second-order valence-electron chi connectivity index (χ2n) is 5.35. The Balaban J connectivity index is 0.000000527. The summed E-state index contributed by atoms with van der Waals surface area (Å²) in [5.74, 6) is -2.27. The second-order valence-corrected chi connectivity index (χ2v) is 5.35. The fourth-order valence-corrected chi connectivity index (χ4v) is 2.13. The molecule has 2 rings (SSSR count). The Morgan fingerprint density at radius 1 is 1.00 bits per heavy atom. The molecule has 0 amide bonds. The molecule has 0 aromatic heterocycles. The number of hydrogen-bond donors (Lipinski definition) is 3. The van der Waals surface area contributed by atoms with Gasteiger partial charge in [-0.3, -0.25) is 0 Å². The molecule has 0 aliphatic rings. The highest BCUT2D eigenvalue weighted by Gasteiger charge is 2.04. The van der Waals surface area contributed by atoms with Gasteiger partial charge in [0.25, 0.3) is 0 Å². The number of aliphatic carboxylic acids is 2. The van der Waals surface area contributed by atoms with E-state index in [4.69, 9.17) is 29.3 Å². The van der Waals surface area contributed by atoms with Crippen molar-refractivity contribution in [1.82, 2.24) is 5.32 Å². The highest BCUT2D eigenvalue weighted by atomic mass is 19.1. The number of hydrogen-bond acceptors (Lipinski definition) is 5. The number of halogens is 1. The minimum absolute atomic E-state index is 0.151. The van der Waals surface area contributed by atoms with Crippen LogP contribution in [0.1, 0.15) is 11.1 Å². The van der Waals surface area contributed by atoms with E-state index in [2.05, 4.69) is 5.32 Å². The number of ether oxygens (including phenoxy) is 2. The summed E-state index contributed by atoms with van der Waals surface area (Å²) in [6.45, 7) is 1.39. The summed E-state index contributed by atoms with van der Waals surface area (Å²) in [6, 6.07) is 12.6. The average Bonchev–Trinajstić information content (AvgIpc) is 2.66. The monoisotopic (exact) mass is 379 g/mol. The van der Waals surface area contributed by atoms with Crippen LogP contribution in [0.4, 0.5) is 4.39 Å². The predicted molar refractivity (Wildman–Crippen MR) is 96.6 cm³/mol. The van der Waals surface area contributed by atoms with Gasteiger partial charge in [-0.2, -0.15) is 0 Å². The Kier molecular flexibility index (Phi) is 9.32. The van der Waals surface area contributed by atoms with Crippen molar-refractivity contribution in [2.24, 2.45) is 0 Å². The number of benzene rings is 2. The van der Waals surface area contributed by atoms with Crippen molar-refractivity contribution in [3.8, 4) is 11.5 Å². The van der Waals surface area contributed by atoms with Gasteiger partial charge in [-0.05, 0) is 42.3 Å². The largest absolute Gasteiger partial charge is 0.497 e. The molecule has 0 atom stereocenters. The topological polar surface area (TPSA) is 105 Å². The minimum atomic E-state index is -1.82. The van der Waals surface area contributed by atoms with Crippen molar-refractivity contribution >= 4 is 11.9 Å². The van der Waals surface area contributed by atoms with Crippen LogP contribution in [0.2, 0.25) is 0 Å². The highest BCUT2D eigenvalue weighted by molar-refractivity contribution is 6.27. The lowest BCUT2D eigenvalue weighted by molar-refractivity contribution is -0.159. The van der Waals surface area contributed by atoms with E-state index in [9.17, 15) is 4.39 Å². The van der Waals surface area contributed by atoms with Gasteiger partial charge in [0.15, 0.2) is 0 Å². The molecule has 0 unspecified atom stereocenters. The van der Waals surface area contributed by atoms with Crippen LogP contribution in [0.5, 0.6) is 11.5 Å². The Morgan fingerprint density at radius 3 is 2.04 bits per heavy atom. The van der Waals surface area contributed by atoms with Crippen LogP contribution in [0.25, 0.3) is 0 Å². The van der Waals surface area contributed by atoms with Crippen LogP contribution >= 0.6 is 0 Å². The molecule has 0 radical (unpaired) electrons. The predicted octanol–water partition coefficient (Wildman–Crippen LogP) is 2.33. The number of methoxy groups -OCH3 is 2. The van der Waals surface area contributed by atoms with Gasteiger partial charge in [-0.25, -0.2) is 14.0 Å². The number of carboxylic acid groups (broad SMARTS) is 2. The molecule has 0 fully saturated rings. The van der Waals surface area contributed by atoms with Crippen molar-refractivity contribution in [3.63, 3.8) is 0 Å². The lowest BCUT2D eigenvalue weighted by Gasteiger charge is -2.10. The van der Waals surface area contributed by atoms with Crippen LogP contribution < -0.4 is 14.8 Å². The SMILES string of the molecule is COc1cc(CNCCc2ccccc2F)cc(OC)c1.O=C(O)C(=O)O. The lowest BCUT2D eigenvalue weighted by atomic mass is 10.1. The first-order valence-corrected chi connectivity index (χ1v) is 7.99. The first-order valence-electron chi connectivity index (χ1n) is 7.99. The molecular formula is C19H22FNO6. The zero-order valence-electron chi connectivity index (χ0n) is 15.1. The van der Waals surface area contributed by atoms with Crippen molar-refractivity contribution in [2.75, 3.05) is 20.8 Å². The maximum atomic E-state index is 13.5. The summed E-state index contributed by atoms with van der Waals surface area (Å²) in [7, 11) is 3.26. The van der Waals surface area contributed by atoms with Gasteiger partial charge in [0, 0.05) is 12.6 Å². The quantitative estimate of drug-likeness (QED) is 0.501. The smallest absolute Gasteiger partial charge is 0.414 e. The normalized spacial score (nSPS) is 9.74. The van der Waals surface area contributed by atoms with E-state index in [1.165, 1.54) is 6.07 Å². The molecule has 0 saturated heterocycles. The molecular weight excluding hydrogens is 357 g/mol. The Morgan fingerprint density at radius 2 is 1.56 bits per heavy atom. The molecule has 0 aliphatic heterocycles. The van der Waals surface area contributed by atoms with Crippen LogP contribution in [0.3, 0.4) is 0 Å². The van der Waals surface area contributed by atoms with E-state index in [1.54, 1.807) is 20.3 Å². The van der Waals surface area contributed by atoms with Gasteiger partial charge in [-0.15, -0.1) is 0 Å². The minimum Gasteiger partial charge on any atom is -0.497 e. The van der Waals surface area contributed by atoms with E-state index >= 15 is 0 Å². The molecule has 0 heterocycles. The number of rotatable bonds is 7. The van der Waals surface area contributed by atoms with Crippen molar-refractivity contribution in [3.05, 3.63) is 59.4 Å². The van der Waals surface area contributed by atoms with Crippen molar-refractivity contribution < 1.29 is 33.7 Å². The fourth-order valence-electron chi connectivity index (χ4n) is 2.13. The van der Waals surface area contributed by atoms with Gasteiger partial charge in [-0.1, -0.05) is 18.2 Å². The maximum Gasteiger partial charge on any atom is 0.414 e. The summed E-state index contributed by atoms with van der Waals surface area (Å²) in [4.78, 5) is 18.2. The summed E-state index contributed by atoms with van der Waals surface area (Å²) in [5, 5.41) is 18.1. The van der Waals surface area contributed by atoms with E-state index < -0.39 is 11.9 Å². The van der Waals surface area contributed by atoms with E-state index in [-0.39, 0.29) is 5.82 Å². The molecule has 0 saturated carbocycles. The summed E-state index contributed by atoms with van der Waals surface area (Å²) in [6.07, 6.45) is 0.660. The van der Waals surface area contributed by atoms with Crippen molar-refractivity contribution in [1.29, 1.82) is 0 Å². The first-order chi connectivity index (χ1) is 12.9. The molecule has 7 nitrogen and oxygen atoms in total.